The highest BCUT2D eigenvalue weighted by Crippen LogP contribution is 2.38. The van der Waals surface area contributed by atoms with Crippen LogP contribution in [-0.2, 0) is 0 Å². The quantitative estimate of drug-likeness (QED) is 0.186. The van der Waals surface area contributed by atoms with Crippen molar-refractivity contribution in [2.24, 2.45) is 0 Å². The van der Waals surface area contributed by atoms with Crippen molar-refractivity contribution in [3.63, 3.8) is 0 Å². The maximum atomic E-state index is 12.7. The molecule has 2 N–H and O–H groups in total. The number of aromatic nitrogens is 4. The first-order valence-electron chi connectivity index (χ1n) is 15.1. The number of aromatic amines is 2. The predicted octanol–water partition coefficient (Wildman–Crippen LogP) is 10.4. The lowest BCUT2D eigenvalue weighted by Crippen LogP contribution is -1.94. The van der Waals surface area contributed by atoms with Crippen molar-refractivity contribution in [3.8, 4) is 22.3 Å². The Kier molecular flexibility index (Phi) is 7.05. The molecular formula is C39H33BrN4O. The fraction of sp³-hybridized carbons (Fsp3) is 0.154. The molecular weight excluding hydrogens is 620 g/mol. The van der Waals surface area contributed by atoms with Crippen LogP contribution in [0.5, 0.6) is 0 Å². The molecule has 45 heavy (non-hydrogen) atoms. The van der Waals surface area contributed by atoms with Gasteiger partial charge in [0.25, 0.3) is 0 Å². The van der Waals surface area contributed by atoms with E-state index in [4.69, 9.17) is 9.97 Å². The van der Waals surface area contributed by atoms with E-state index in [0.29, 0.717) is 16.8 Å². The molecule has 0 unspecified atom stereocenters. The van der Waals surface area contributed by atoms with Gasteiger partial charge in [0.15, 0.2) is 6.29 Å². The van der Waals surface area contributed by atoms with E-state index >= 15 is 0 Å². The highest BCUT2D eigenvalue weighted by atomic mass is 79.9. The number of nitrogens with one attached hydrogen (secondary N) is 2. The molecule has 0 fully saturated rings. The predicted molar refractivity (Wildman–Crippen MR) is 191 cm³/mol. The zero-order valence-corrected chi connectivity index (χ0v) is 27.8. The van der Waals surface area contributed by atoms with Crippen LogP contribution in [0.3, 0.4) is 0 Å². The van der Waals surface area contributed by atoms with Crippen molar-refractivity contribution in [2.45, 2.75) is 41.5 Å². The average Bonchev–Trinajstić information content (AvgIpc) is 3.80. The van der Waals surface area contributed by atoms with E-state index in [1.807, 2.05) is 30.4 Å². The Labute approximate surface area is 271 Å². The van der Waals surface area contributed by atoms with Crippen LogP contribution in [-0.4, -0.2) is 26.2 Å². The summed E-state index contributed by atoms with van der Waals surface area (Å²) in [6.45, 7) is 12.8. The van der Waals surface area contributed by atoms with Crippen LogP contribution >= 0.6 is 15.9 Å². The number of hydrogen-bond acceptors (Lipinski definition) is 3. The number of aryl methyl sites for hydroxylation is 6. The minimum absolute atomic E-state index is 0.507. The van der Waals surface area contributed by atoms with E-state index in [-0.39, 0.29) is 0 Å². The van der Waals surface area contributed by atoms with Crippen LogP contribution in [0, 0.1) is 41.5 Å². The van der Waals surface area contributed by atoms with E-state index in [2.05, 4.69) is 110 Å². The Morgan fingerprint density at radius 3 is 1.44 bits per heavy atom. The molecule has 5 nitrogen and oxygen atoms in total. The van der Waals surface area contributed by atoms with E-state index in [0.717, 1.165) is 66.6 Å². The lowest BCUT2D eigenvalue weighted by molar-refractivity contribution is 0.112. The van der Waals surface area contributed by atoms with Crippen molar-refractivity contribution < 1.29 is 4.79 Å². The van der Waals surface area contributed by atoms with Crippen molar-refractivity contribution in [1.29, 1.82) is 0 Å². The maximum Gasteiger partial charge on any atom is 0.154 e. The first-order chi connectivity index (χ1) is 21.6. The number of rotatable bonds is 3. The van der Waals surface area contributed by atoms with Gasteiger partial charge in [-0.1, -0.05) is 35.4 Å². The normalized spacial score (nSPS) is 12.2. The molecule has 0 spiro atoms. The number of nitrogens with zero attached hydrogens (tertiary/aromatic N) is 2. The Hall–Kier alpha value is -4.81. The number of benzene rings is 2. The second-order valence-corrected chi connectivity index (χ2v) is 12.9. The van der Waals surface area contributed by atoms with Crippen LogP contribution in [0.25, 0.3) is 68.6 Å². The summed E-state index contributed by atoms with van der Waals surface area (Å²) < 4.78 is 0.875. The molecule has 5 aromatic rings. The fourth-order valence-corrected chi connectivity index (χ4v) is 7.44. The van der Waals surface area contributed by atoms with Gasteiger partial charge in [-0.15, -0.1) is 0 Å². The number of carbonyl (C=O) groups is 1. The molecule has 222 valence electrons. The molecule has 0 aliphatic carbocycles. The zero-order valence-electron chi connectivity index (χ0n) is 26.2. The van der Waals surface area contributed by atoms with Gasteiger partial charge in [0.1, 0.15) is 0 Å². The number of aldehydes is 1. The zero-order chi connectivity index (χ0) is 31.6. The summed E-state index contributed by atoms with van der Waals surface area (Å²) in [5, 5.41) is 0. The summed E-state index contributed by atoms with van der Waals surface area (Å²) in [6.07, 6.45) is 8.96. The number of carbonyl (C=O) groups excluding carboxylic acids is 1. The van der Waals surface area contributed by atoms with Gasteiger partial charge in [0, 0.05) is 22.2 Å². The molecule has 0 radical (unpaired) electrons. The van der Waals surface area contributed by atoms with Gasteiger partial charge in [-0.2, -0.15) is 0 Å². The molecule has 2 aliphatic heterocycles. The SMILES string of the molecule is Cc1cc(C)c(-c2c3nc(c(C=O)c4ccc([nH]4)c(-c4c(C)cc(C)cc4C)c4nc(c(Br)c5ccc2[nH]5)C=C4)C=C3)c(C)c1. The molecule has 0 saturated carbocycles. The number of hydrogen-bond donors (Lipinski definition) is 2. The van der Waals surface area contributed by atoms with Gasteiger partial charge in [-0.05, 0) is 139 Å². The molecule has 8 bridgehead atoms. The first kappa shape index (κ1) is 28.9. The van der Waals surface area contributed by atoms with Crippen LogP contribution < -0.4 is 0 Å². The highest BCUT2D eigenvalue weighted by Gasteiger charge is 2.20. The molecule has 0 atom stereocenters. The largest absolute Gasteiger partial charge is 0.354 e. The van der Waals surface area contributed by atoms with Gasteiger partial charge in [-0.25, -0.2) is 9.97 Å². The fourth-order valence-electron chi connectivity index (χ4n) is 6.99. The maximum absolute atomic E-state index is 12.7. The minimum atomic E-state index is 0.507. The Balaban J connectivity index is 1.67. The second-order valence-electron chi connectivity index (χ2n) is 12.1. The number of fused-ring (bicyclic) bond motifs is 8. The summed E-state index contributed by atoms with van der Waals surface area (Å²) in [5.74, 6) is 0. The van der Waals surface area contributed by atoms with E-state index < -0.39 is 0 Å². The first-order valence-corrected chi connectivity index (χ1v) is 15.9. The van der Waals surface area contributed by atoms with Crippen LogP contribution in [0.4, 0.5) is 0 Å². The van der Waals surface area contributed by atoms with Gasteiger partial charge in [0.05, 0.1) is 43.8 Å². The van der Waals surface area contributed by atoms with Crippen LogP contribution in [0.1, 0.15) is 66.5 Å². The topological polar surface area (TPSA) is 74.4 Å². The molecule has 0 amide bonds. The van der Waals surface area contributed by atoms with Crippen molar-refractivity contribution in [3.05, 3.63) is 115 Å². The number of halogens is 1. The average molecular weight is 654 g/mol. The Morgan fingerprint density at radius 1 is 0.533 bits per heavy atom. The third-order valence-electron chi connectivity index (χ3n) is 8.70. The summed E-state index contributed by atoms with van der Waals surface area (Å²) in [5.41, 5.74) is 18.4. The third-order valence-corrected chi connectivity index (χ3v) is 9.54. The monoisotopic (exact) mass is 652 g/mol. The van der Waals surface area contributed by atoms with Gasteiger partial charge >= 0.3 is 0 Å². The highest BCUT2D eigenvalue weighted by molar-refractivity contribution is 9.10. The molecule has 6 heteroatoms. The minimum Gasteiger partial charge on any atom is -0.354 e. The Morgan fingerprint density at radius 2 is 0.933 bits per heavy atom. The molecule has 2 aliphatic rings. The molecule has 3 aromatic heterocycles. The van der Waals surface area contributed by atoms with E-state index in [9.17, 15) is 4.79 Å². The van der Waals surface area contributed by atoms with Crippen LogP contribution in [0.15, 0.2) is 53.0 Å². The smallest absolute Gasteiger partial charge is 0.154 e. The standard InChI is InChI=1S/C39H33BrN4O/c1-20-15-22(3)35(23(4)16-20)37-29-9-7-27(41-29)26(19-45)28-8-10-30(42-28)38(36-24(5)17-21(2)18-25(36)6)32-12-14-34(44-32)39(40)33-13-11-31(37)43-33/h7-19,41,44H,1-6H3. The molecule has 2 aromatic carbocycles. The summed E-state index contributed by atoms with van der Waals surface area (Å²) in [7, 11) is 0. The lowest BCUT2D eigenvalue weighted by Gasteiger charge is -2.13. The number of H-pyrrole nitrogens is 2. The van der Waals surface area contributed by atoms with Crippen molar-refractivity contribution >= 4 is 68.6 Å². The molecule has 7 rings (SSSR count). The van der Waals surface area contributed by atoms with Crippen molar-refractivity contribution in [2.75, 3.05) is 0 Å². The second kappa shape index (κ2) is 11.0. The van der Waals surface area contributed by atoms with Gasteiger partial charge in [0.2, 0.25) is 0 Å². The van der Waals surface area contributed by atoms with Crippen LogP contribution in [0.2, 0.25) is 0 Å². The lowest BCUT2D eigenvalue weighted by atomic mass is 9.92. The van der Waals surface area contributed by atoms with Gasteiger partial charge < -0.3 is 9.97 Å². The summed E-state index contributed by atoms with van der Waals surface area (Å²) >= 11 is 3.88. The van der Waals surface area contributed by atoms with E-state index in [1.54, 1.807) is 0 Å². The van der Waals surface area contributed by atoms with E-state index in [1.165, 1.54) is 33.4 Å². The summed E-state index contributed by atoms with van der Waals surface area (Å²) in [6, 6.07) is 17.0. The molecule has 5 heterocycles. The third kappa shape index (κ3) is 4.90. The Bertz CT molecular complexity index is 2210. The van der Waals surface area contributed by atoms with Crippen molar-refractivity contribution in [1.82, 2.24) is 19.9 Å². The summed E-state index contributed by atoms with van der Waals surface area (Å²) in [4.78, 5) is 30.2. The molecule has 0 saturated heterocycles. The van der Waals surface area contributed by atoms with Gasteiger partial charge in [-0.3, -0.25) is 4.79 Å².